The van der Waals surface area contributed by atoms with Gasteiger partial charge in [-0.2, -0.15) is 9.97 Å². The number of halogens is 1. The number of methoxy groups -OCH3 is 1. The van der Waals surface area contributed by atoms with Crippen molar-refractivity contribution in [2.75, 3.05) is 43.5 Å². The smallest absolute Gasteiger partial charge is 0.318 e. The minimum absolute atomic E-state index is 0.0419. The molecule has 172 valence electrons. The van der Waals surface area contributed by atoms with Gasteiger partial charge in [0, 0.05) is 32.6 Å². The maximum absolute atomic E-state index is 13.6. The summed E-state index contributed by atoms with van der Waals surface area (Å²) in [5.74, 6) is -1.13. The van der Waals surface area contributed by atoms with Crippen LogP contribution in [0.25, 0.3) is 0 Å². The van der Waals surface area contributed by atoms with E-state index in [-0.39, 0.29) is 11.9 Å². The second kappa shape index (κ2) is 8.13. The minimum atomic E-state index is -0.963. The monoisotopic (exact) mass is 451 g/mol. The molecule has 1 aromatic heterocycles. The Morgan fingerprint density at radius 1 is 1.21 bits per heavy atom. The van der Waals surface area contributed by atoms with E-state index >= 15 is 0 Å². The quantitative estimate of drug-likeness (QED) is 0.721. The van der Waals surface area contributed by atoms with Gasteiger partial charge in [-0.05, 0) is 30.4 Å². The zero-order valence-corrected chi connectivity index (χ0v) is 18.6. The Bertz CT molecular complexity index is 1140. The van der Waals surface area contributed by atoms with Crippen molar-refractivity contribution < 1.29 is 18.7 Å². The van der Waals surface area contributed by atoms with Gasteiger partial charge in [0.2, 0.25) is 5.91 Å². The number of aryl methyl sites for hydroxylation is 1. The second-order valence-electron chi connectivity index (χ2n) is 8.76. The number of nitrogens with zero attached hydrogens (tertiary/aromatic N) is 4. The van der Waals surface area contributed by atoms with Crippen LogP contribution in [0.1, 0.15) is 29.7 Å². The molecule has 1 aliphatic carbocycles. The molecule has 1 aromatic carbocycles. The fourth-order valence-corrected chi connectivity index (χ4v) is 5.28. The average molecular weight is 452 g/mol. The molecular formula is C24H26FN5O3. The van der Waals surface area contributed by atoms with Gasteiger partial charge in [-0.1, -0.05) is 30.8 Å². The summed E-state index contributed by atoms with van der Waals surface area (Å²) < 4.78 is 18.6. The highest BCUT2D eigenvalue weighted by atomic mass is 19.1. The number of rotatable bonds is 3. The number of fused-ring (bicyclic) bond motifs is 3. The number of anilines is 2. The molecule has 3 aliphatic rings. The van der Waals surface area contributed by atoms with Crippen molar-refractivity contribution >= 4 is 23.3 Å². The lowest BCUT2D eigenvalue weighted by molar-refractivity contribution is -0.129. The van der Waals surface area contributed by atoms with Crippen molar-refractivity contribution in [1.82, 2.24) is 14.9 Å². The number of hydrogen-bond acceptors (Lipinski definition) is 6. The van der Waals surface area contributed by atoms with Gasteiger partial charge in [0.15, 0.2) is 11.6 Å². The predicted octanol–water partition coefficient (Wildman–Crippen LogP) is 2.39. The second-order valence-corrected chi connectivity index (χ2v) is 8.76. The number of benzene rings is 1. The molecule has 1 spiro atoms. The molecule has 5 rings (SSSR count). The predicted molar refractivity (Wildman–Crippen MR) is 121 cm³/mol. The van der Waals surface area contributed by atoms with Crippen LogP contribution in [0.15, 0.2) is 36.7 Å². The third-order valence-electron chi connectivity index (χ3n) is 6.95. The van der Waals surface area contributed by atoms with Gasteiger partial charge in [-0.3, -0.25) is 9.59 Å². The highest BCUT2D eigenvalue weighted by Gasteiger charge is 2.48. The maximum Gasteiger partial charge on any atom is 0.318 e. The van der Waals surface area contributed by atoms with Crippen LogP contribution in [0.5, 0.6) is 6.01 Å². The molecule has 3 heterocycles. The molecule has 0 bridgehead atoms. The molecular weight excluding hydrogens is 425 g/mol. The van der Waals surface area contributed by atoms with Gasteiger partial charge in [0.25, 0.3) is 5.91 Å². The van der Waals surface area contributed by atoms with E-state index < -0.39 is 17.1 Å². The van der Waals surface area contributed by atoms with Crippen molar-refractivity contribution in [2.24, 2.45) is 0 Å². The first kappa shape index (κ1) is 21.4. The highest BCUT2D eigenvalue weighted by Crippen LogP contribution is 2.46. The van der Waals surface area contributed by atoms with E-state index in [4.69, 9.17) is 4.74 Å². The van der Waals surface area contributed by atoms with Crippen LogP contribution in [-0.4, -0.2) is 60.0 Å². The lowest BCUT2D eigenvalue weighted by Crippen LogP contribution is -2.51. The number of ether oxygens (including phenoxy) is 1. The van der Waals surface area contributed by atoms with E-state index in [1.807, 2.05) is 23.1 Å². The summed E-state index contributed by atoms with van der Waals surface area (Å²) in [5, 5.41) is 3.11. The fourth-order valence-electron chi connectivity index (χ4n) is 5.28. The molecule has 33 heavy (non-hydrogen) atoms. The van der Waals surface area contributed by atoms with Crippen LogP contribution in [-0.2, 0) is 27.8 Å². The van der Waals surface area contributed by atoms with Crippen molar-refractivity contribution in [3.05, 3.63) is 53.5 Å². The highest BCUT2D eigenvalue weighted by molar-refractivity contribution is 6.04. The SMILES string of the molecule is C=C(F)C(=O)N1CCN(c2nc(OC)nc3c2NC(=O)C2(CCCc4ccccc42)C3)CC1. The summed E-state index contributed by atoms with van der Waals surface area (Å²) in [6.07, 6.45) is 3.12. The van der Waals surface area contributed by atoms with Crippen LogP contribution >= 0.6 is 0 Å². The molecule has 0 radical (unpaired) electrons. The minimum Gasteiger partial charge on any atom is -0.467 e. The van der Waals surface area contributed by atoms with Crippen LogP contribution in [0, 0.1) is 0 Å². The van der Waals surface area contributed by atoms with E-state index in [1.54, 1.807) is 0 Å². The van der Waals surface area contributed by atoms with Crippen molar-refractivity contribution in [3.8, 4) is 6.01 Å². The number of carbonyl (C=O) groups excluding carboxylic acids is 2. The van der Waals surface area contributed by atoms with Gasteiger partial charge < -0.3 is 19.9 Å². The van der Waals surface area contributed by atoms with E-state index in [2.05, 4.69) is 27.9 Å². The Morgan fingerprint density at radius 3 is 2.70 bits per heavy atom. The molecule has 1 saturated heterocycles. The summed E-state index contributed by atoms with van der Waals surface area (Å²) >= 11 is 0. The number of amides is 2. The van der Waals surface area contributed by atoms with Crippen LogP contribution in [0.3, 0.4) is 0 Å². The molecule has 2 aliphatic heterocycles. The molecule has 8 nitrogen and oxygen atoms in total. The molecule has 9 heteroatoms. The maximum atomic E-state index is 13.6. The van der Waals surface area contributed by atoms with E-state index in [0.29, 0.717) is 44.1 Å². The van der Waals surface area contributed by atoms with Gasteiger partial charge in [0.05, 0.1) is 18.2 Å². The van der Waals surface area contributed by atoms with Crippen LogP contribution in [0.2, 0.25) is 0 Å². The molecule has 2 amide bonds. The third-order valence-corrected chi connectivity index (χ3v) is 6.95. The molecule has 2 aromatic rings. The number of carbonyl (C=O) groups is 2. The Hall–Kier alpha value is -3.49. The number of hydrogen-bond donors (Lipinski definition) is 1. The summed E-state index contributed by atoms with van der Waals surface area (Å²) in [7, 11) is 1.52. The number of nitrogens with one attached hydrogen (secondary N) is 1. The number of aromatic nitrogens is 2. The normalized spacial score (nSPS) is 21.8. The van der Waals surface area contributed by atoms with E-state index in [0.717, 1.165) is 30.5 Å². The zero-order valence-electron chi connectivity index (χ0n) is 18.6. The molecule has 1 N–H and O–H groups in total. The Morgan fingerprint density at radius 2 is 1.97 bits per heavy atom. The molecule has 0 saturated carbocycles. The first-order valence-electron chi connectivity index (χ1n) is 11.2. The number of piperazine rings is 1. The summed E-state index contributed by atoms with van der Waals surface area (Å²) in [6, 6.07) is 8.37. The van der Waals surface area contributed by atoms with E-state index in [9.17, 15) is 14.0 Å². The van der Waals surface area contributed by atoms with E-state index in [1.165, 1.54) is 17.6 Å². The Labute approximate surface area is 191 Å². The van der Waals surface area contributed by atoms with Gasteiger partial charge in [-0.15, -0.1) is 0 Å². The first-order valence-corrected chi connectivity index (χ1v) is 11.2. The van der Waals surface area contributed by atoms with Crippen molar-refractivity contribution in [3.63, 3.8) is 0 Å². The fraction of sp³-hybridized carbons (Fsp3) is 0.417. The largest absolute Gasteiger partial charge is 0.467 e. The van der Waals surface area contributed by atoms with Crippen molar-refractivity contribution in [1.29, 1.82) is 0 Å². The van der Waals surface area contributed by atoms with Gasteiger partial charge >= 0.3 is 6.01 Å². The molecule has 1 atom stereocenters. The molecule has 1 unspecified atom stereocenters. The Balaban J connectivity index is 1.49. The summed E-state index contributed by atoms with van der Waals surface area (Å²) in [6.45, 7) is 4.63. The van der Waals surface area contributed by atoms with Crippen molar-refractivity contribution in [2.45, 2.75) is 31.1 Å². The topological polar surface area (TPSA) is 87.7 Å². The lowest BCUT2D eigenvalue weighted by Gasteiger charge is -2.42. The summed E-state index contributed by atoms with van der Waals surface area (Å²) in [5.41, 5.74) is 2.94. The lowest BCUT2D eigenvalue weighted by atomic mass is 9.65. The van der Waals surface area contributed by atoms with Crippen LogP contribution in [0.4, 0.5) is 15.9 Å². The standard InChI is InChI=1S/C24H26FN5O3/c1-15(25)21(31)30-12-10-29(11-13-30)20-19-18(26-23(28-20)33-2)14-24(22(32)27-19)9-5-7-16-6-3-4-8-17(16)24/h3-4,6,8H,1,5,7,9-14H2,2H3,(H,27,32). The Kier molecular flexibility index (Phi) is 5.26. The average Bonchev–Trinajstić information content (AvgIpc) is 2.84. The van der Waals surface area contributed by atoms with Crippen LogP contribution < -0.4 is 15.0 Å². The first-order chi connectivity index (χ1) is 15.9. The summed E-state index contributed by atoms with van der Waals surface area (Å²) in [4.78, 5) is 38.0. The third kappa shape index (κ3) is 3.51. The van der Waals surface area contributed by atoms with Gasteiger partial charge in [-0.25, -0.2) is 4.39 Å². The van der Waals surface area contributed by atoms with Gasteiger partial charge in [0.1, 0.15) is 5.69 Å². The zero-order chi connectivity index (χ0) is 23.2. The molecule has 1 fully saturated rings.